The summed E-state index contributed by atoms with van der Waals surface area (Å²) in [6.07, 6.45) is 1.12. The molecule has 2 atom stereocenters. The van der Waals surface area contributed by atoms with Gasteiger partial charge in [-0.05, 0) is 24.9 Å². The lowest BCUT2D eigenvalue weighted by molar-refractivity contribution is -0.384. The van der Waals surface area contributed by atoms with Crippen molar-refractivity contribution in [3.05, 3.63) is 35.9 Å². The minimum absolute atomic E-state index is 0.0930. The van der Waals surface area contributed by atoms with Crippen molar-refractivity contribution in [3.63, 3.8) is 0 Å². The van der Waals surface area contributed by atoms with Crippen LogP contribution in [0.4, 0.5) is 4.79 Å². The standard InChI is InChI=1S/C15H20N2O4/c18-14(19-10-12-4-2-1-3-5-12)17-13-6-9-20-21-15(13)7-8-16-11-15/h1-5,13,16H,6-11H2,(H,17,18). The van der Waals surface area contributed by atoms with Crippen LogP contribution in [0.1, 0.15) is 18.4 Å². The molecule has 1 spiro atoms. The van der Waals surface area contributed by atoms with Crippen LogP contribution in [0.5, 0.6) is 0 Å². The molecule has 1 aromatic rings. The summed E-state index contributed by atoms with van der Waals surface area (Å²) in [6, 6.07) is 9.52. The summed E-state index contributed by atoms with van der Waals surface area (Å²) in [4.78, 5) is 22.6. The highest BCUT2D eigenvalue weighted by atomic mass is 17.2. The highest BCUT2D eigenvalue weighted by molar-refractivity contribution is 5.67. The van der Waals surface area contributed by atoms with E-state index in [-0.39, 0.29) is 12.6 Å². The van der Waals surface area contributed by atoms with Gasteiger partial charge in [0.05, 0.1) is 12.6 Å². The molecule has 2 fully saturated rings. The number of hydrogen-bond acceptors (Lipinski definition) is 5. The first-order valence-corrected chi connectivity index (χ1v) is 7.27. The number of benzene rings is 1. The third-order valence-electron chi connectivity index (χ3n) is 4.00. The second-order valence-electron chi connectivity index (χ2n) is 5.44. The van der Waals surface area contributed by atoms with E-state index < -0.39 is 11.7 Å². The molecule has 2 N–H and O–H groups in total. The Morgan fingerprint density at radius 3 is 3.05 bits per heavy atom. The number of alkyl carbamates (subject to hydrolysis) is 1. The zero-order chi connectivity index (χ0) is 14.5. The summed E-state index contributed by atoms with van der Waals surface area (Å²) in [7, 11) is 0. The smallest absolute Gasteiger partial charge is 0.407 e. The van der Waals surface area contributed by atoms with E-state index in [1.165, 1.54) is 0 Å². The molecule has 0 saturated carbocycles. The van der Waals surface area contributed by atoms with E-state index in [2.05, 4.69) is 10.6 Å². The lowest BCUT2D eigenvalue weighted by atomic mass is 9.90. The Labute approximate surface area is 123 Å². The first-order valence-electron chi connectivity index (χ1n) is 7.27. The fourth-order valence-electron chi connectivity index (χ4n) is 2.81. The first kappa shape index (κ1) is 14.3. The average molecular weight is 292 g/mol. The molecule has 0 bridgehead atoms. The van der Waals surface area contributed by atoms with Crippen LogP contribution in [0.3, 0.4) is 0 Å². The first-order chi connectivity index (χ1) is 10.3. The molecule has 3 rings (SSSR count). The molecular formula is C15H20N2O4. The molecule has 0 radical (unpaired) electrons. The van der Waals surface area contributed by atoms with Gasteiger partial charge in [-0.25, -0.2) is 14.6 Å². The number of amides is 1. The van der Waals surface area contributed by atoms with Gasteiger partial charge in [-0.1, -0.05) is 30.3 Å². The Morgan fingerprint density at radius 2 is 2.29 bits per heavy atom. The van der Waals surface area contributed by atoms with Crippen LogP contribution in [0, 0.1) is 0 Å². The summed E-state index contributed by atoms with van der Waals surface area (Å²) in [5.74, 6) is 0. The van der Waals surface area contributed by atoms with Crippen molar-refractivity contribution < 1.29 is 19.3 Å². The van der Waals surface area contributed by atoms with Gasteiger partial charge in [0.25, 0.3) is 0 Å². The van der Waals surface area contributed by atoms with E-state index in [1.807, 2.05) is 30.3 Å². The molecule has 2 unspecified atom stereocenters. The monoisotopic (exact) mass is 292 g/mol. The molecular weight excluding hydrogens is 272 g/mol. The zero-order valence-corrected chi connectivity index (χ0v) is 11.8. The third-order valence-corrected chi connectivity index (χ3v) is 4.00. The fraction of sp³-hybridized carbons (Fsp3) is 0.533. The van der Waals surface area contributed by atoms with Gasteiger partial charge in [-0.2, -0.15) is 0 Å². The lowest BCUT2D eigenvalue weighted by Gasteiger charge is -2.38. The van der Waals surface area contributed by atoms with E-state index in [9.17, 15) is 4.79 Å². The van der Waals surface area contributed by atoms with Crippen LogP contribution in [-0.4, -0.2) is 37.4 Å². The Hall–Kier alpha value is -1.63. The zero-order valence-electron chi connectivity index (χ0n) is 11.8. The largest absolute Gasteiger partial charge is 0.445 e. The topological polar surface area (TPSA) is 68.8 Å². The Morgan fingerprint density at radius 1 is 1.43 bits per heavy atom. The van der Waals surface area contributed by atoms with Crippen molar-refractivity contribution in [2.75, 3.05) is 19.7 Å². The minimum Gasteiger partial charge on any atom is -0.445 e. The number of hydrogen-bond donors (Lipinski definition) is 2. The molecule has 1 aromatic carbocycles. The molecule has 0 aromatic heterocycles. The summed E-state index contributed by atoms with van der Waals surface area (Å²) >= 11 is 0. The Kier molecular flexibility index (Phi) is 4.38. The maximum Gasteiger partial charge on any atom is 0.407 e. The van der Waals surface area contributed by atoms with Crippen LogP contribution in [0.15, 0.2) is 30.3 Å². The van der Waals surface area contributed by atoms with Gasteiger partial charge in [-0.3, -0.25) is 0 Å². The van der Waals surface area contributed by atoms with E-state index >= 15 is 0 Å². The Bertz CT molecular complexity index is 474. The Balaban J connectivity index is 1.53. The molecule has 1 amide bonds. The second-order valence-corrected chi connectivity index (χ2v) is 5.44. The molecule has 0 aliphatic carbocycles. The summed E-state index contributed by atoms with van der Waals surface area (Å²) in [6.45, 7) is 2.28. The van der Waals surface area contributed by atoms with Crippen LogP contribution < -0.4 is 10.6 Å². The van der Waals surface area contributed by atoms with Gasteiger partial charge >= 0.3 is 6.09 Å². The maximum absolute atomic E-state index is 12.0. The van der Waals surface area contributed by atoms with Crippen molar-refractivity contribution in [2.45, 2.75) is 31.1 Å². The van der Waals surface area contributed by atoms with Crippen molar-refractivity contribution in [1.82, 2.24) is 10.6 Å². The SMILES string of the molecule is O=C(NC1CCOOC12CCNC2)OCc1ccccc1. The average Bonchev–Trinajstić information content (AvgIpc) is 2.98. The molecule has 21 heavy (non-hydrogen) atoms. The van der Waals surface area contributed by atoms with E-state index in [1.54, 1.807) is 0 Å². The molecule has 6 nitrogen and oxygen atoms in total. The number of rotatable bonds is 3. The summed E-state index contributed by atoms with van der Waals surface area (Å²) < 4.78 is 5.27. The van der Waals surface area contributed by atoms with E-state index in [4.69, 9.17) is 14.5 Å². The van der Waals surface area contributed by atoms with Crippen LogP contribution in [0.2, 0.25) is 0 Å². The van der Waals surface area contributed by atoms with Crippen molar-refractivity contribution >= 4 is 6.09 Å². The summed E-state index contributed by atoms with van der Waals surface area (Å²) in [5, 5.41) is 6.16. The minimum atomic E-state index is -0.468. The van der Waals surface area contributed by atoms with Crippen molar-refractivity contribution in [2.24, 2.45) is 0 Å². The predicted octanol–water partition coefficient (Wildman–Crippen LogP) is 1.37. The highest BCUT2D eigenvalue weighted by Gasteiger charge is 2.47. The third kappa shape index (κ3) is 3.34. The fourth-order valence-corrected chi connectivity index (χ4v) is 2.81. The molecule has 2 aliphatic heterocycles. The van der Waals surface area contributed by atoms with Crippen LogP contribution in [-0.2, 0) is 21.1 Å². The van der Waals surface area contributed by atoms with Gasteiger partial charge in [-0.15, -0.1) is 0 Å². The lowest BCUT2D eigenvalue weighted by Crippen LogP contribution is -2.58. The predicted molar refractivity (Wildman–Crippen MR) is 75.4 cm³/mol. The van der Waals surface area contributed by atoms with Gasteiger partial charge in [0, 0.05) is 6.54 Å². The molecule has 2 saturated heterocycles. The number of carbonyl (C=O) groups excluding carboxylic acids is 1. The van der Waals surface area contributed by atoms with Gasteiger partial charge in [0.15, 0.2) is 0 Å². The van der Waals surface area contributed by atoms with Crippen LogP contribution >= 0.6 is 0 Å². The normalized spacial score (nSPS) is 28.5. The van der Waals surface area contributed by atoms with Gasteiger partial charge in [0.1, 0.15) is 12.2 Å². The van der Waals surface area contributed by atoms with Crippen LogP contribution in [0.25, 0.3) is 0 Å². The summed E-state index contributed by atoms with van der Waals surface area (Å²) in [5.41, 5.74) is 0.498. The molecule has 114 valence electrons. The number of ether oxygens (including phenoxy) is 1. The molecule has 2 heterocycles. The van der Waals surface area contributed by atoms with E-state index in [0.717, 1.165) is 24.9 Å². The van der Waals surface area contributed by atoms with Crippen molar-refractivity contribution in [3.8, 4) is 0 Å². The second kappa shape index (κ2) is 6.43. The maximum atomic E-state index is 12.0. The number of carbonyl (C=O) groups is 1. The van der Waals surface area contributed by atoms with E-state index in [0.29, 0.717) is 13.2 Å². The van der Waals surface area contributed by atoms with Crippen molar-refractivity contribution in [1.29, 1.82) is 0 Å². The molecule has 6 heteroatoms. The van der Waals surface area contributed by atoms with Gasteiger partial charge < -0.3 is 15.4 Å². The number of nitrogens with one attached hydrogen (secondary N) is 2. The van der Waals surface area contributed by atoms with Gasteiger partial charge in [0.2, 0.25) is 0 Å². The quantitative estimate of drug-likeness (QED) is 0.823. The molecule has 2 aliphatic rings. The highest BCUT2D eigenvalue weighted by Crippen LogP contribution is 2.30.